The molecule has 8 heteroatoms. The molecule has 1 fully saturated rings. The van der Waals surface area contributed by atoms with Gasteiger partial charge in [-0.05, 0) is 24.5 Å². The molecule has 1 aliphatic heterocycles. The second kappa shape index (κ2) is 11.3. The van der Waals surface area contributed by atoms with Gasteiger partial charge in [-0.1, -0.05) is 36.4 Å². The molecule has 0 bridgehead atoms. The maximum atomic E-state index is 11.2. The highest BCUT2D eigenvalue weighted by atomic mass is 127. The van der Waals surface area contributed by atoms with Gasteiger partial charge in [0, 0.05) is 49.0 Å². The second-order valence-corrected chi connectivity index (χ2v) is 7.60. The van der Waals surface area contributed by atoms with Crippen LogP contribution in [0.15, 0.2) is 64.5 Å². The zero-order valence-corrected chi connectivity index (χ0v) is 18.9. The first-order chi connectivity index (χ1) is 13.2. The van der Waals surface area contributed by atoms with Crippen molar-refractivity contribution >= 4 is 47.4 Å². The molecule has 28 heavy (non-hydrogen) atoms. The Balaban J connectivity index is 0.00000280. The Bertz CT molecular complexity index is 804. The van der Waals surface area contributed by atoms with E-state index in [2.05, 4.69) is 39.5 Å². The van der Waals surface area contributed by atoms with Crippen LogP contribution in [0.2, 0.25) is 0 Å². The Kier molecular flexibility index (Phi) is 9.04. The van der Waals surface area contributed by atoms with Crippen molar-refractivity contribution in [3.05, 3.63) is 70.3 Å². The highest BCUT2D eigenvalue weighted by molar-refractivity contribution is 14.0. The van der Waals surface area contributed by atoms with Crippen LogP contribution in [0.4, 0.5) is 5.69 Å². The van der Waals surface area contributed by atoms with E-state index < -0.39 is 0 Å². The standard InChI is InChI=1S/C20H24N4O2S.HI/c1-21-20(22-13-17-7-5-6-10-19(17)24(25)26)23-12-11-16(14-23)15-27-18-8-3-2-4-9-18;/h2-10,16H,11-15H2,1H3,(H,21,22);1H. The Labute approximate surface area is 187 Å². The molecule has 2 aromatic rings. The van der Waals surface area contributed by atoms with E-state index in [1.54, 1.807) is 19.2 Å². The van der Waals surface area contributed by atoms with E-state index in [1.807, 2.05) is 23.9 Å². The smallest absolute Gasteiger partial charge is 0.274 e. The van der Waals surface area contributed by atoms with E-state index in [0.717, 1.165) is 31.2 Å². The van der Waals surface area contributed by atoms with Crippen molar-refractivity contribution in [3.8, 4) is 0 Å². The molecule has 1 N–H and O–H groups in total. The molecule has 0 aliphatic carbocycles. The third kappa shape index (κ3) is 6.10. The lowest BCUT2D eigenvalue weighted by Gasteiger charge is -2.21. The summed E-state index contributed by atoms with van der Waals surface area (Å²) < 4.78 is 0. The molecule has 150 valence electrons. The highest BCUT2D eigenvalue weighted by Crippen LogP contribution is 2.26. The molecule has 1 aliphatic rings. The molecular formula is C20H25IN4O2S. The van der Waals surface area contributed by atoms with Gasteiger partial charge in [-0.3, -0.25) is 15.1 Å². The number of para-hydroxylation sites is 1. The molecular weight excluding hydrogens is 487 g/mol. The average molecular weight is 512 g/mol. The molecule has 0 spiro atoms. The fourth-order valence-corrected chi connectivity index (χ4v) is 4.29. The zero-order valence-electron chi connectivity index (χ0n) is 15.8. The summed E-state index contributed by atoms with van der Waals surface area (Å²) >= 11 is 1.89. The normalized spacial score (nSPS) is 16.5. The summed E-state index contributed by atoms with van der Waals surface area (Å²) in [6.07, 6.45) is 1.13. The number of thioether (sulfide) groups is 1. The van der Waals surface area contributed by atoms with E-state index in [1.165, 1.54) is 11.0 Å². The number of rotatable bonds is 6. The van der Waals surface area contributed by atoms with Crippen LogP contribution in [0.5, 0.6) is 0 Å². The maximum Gasteiger partial charge on any atom is 0.274 e. The number of likely N-dealkylation sites (tertiary alicyclic amines) is 1. The van der Waals surface area contributed by atoms with Crippen LogP contribution >= 0.6 is 35.7 Å². The van der Waals surface area contributed by atoms with E-state index in [4.69, 9.17) is 0 Å². The Morgan fingerprint density at radius 1 is 1.25 bits per heavy atom. The number of nitro benzene ring substituents is 1. The summed E-state index contributed by atoms with van der Waals surface area (Å²) in [5, 5.41) is 14.4. The van der Waals surface area contributed by atoms with Gasteiger partial charge < -0.3 is 10.2 Å². The second-order valence-electron chi connectivity index (χ2n) is 6.51. The van der Waals surface area contributed by atoms with Crippen molar-refractivity contribution in [2.45, 2.75) is 17.9 Å². The molecule has 0 aromatic heterocycles. The Hall–Kier alpha value is -1.81. The molecule has 0 radical (unpaired) electrons. The van der Waals surface area contributed by atoms with Crippen LogP contribution in [-0.2, 0) is 6.54 Å². The van der Waals surface area contributed by atoms with Crippen LogP contribution in [0, 0.1) is 16.0 Å². The minimum absolute atomic E-state index is 0. The lowest BCUT2D eigenvalue weighted by Crippen LogP contribution is -2.39. The van der Waals surface area contributed by atoms with Gasteiger partial charge in [0.25, 0.3) is 5.69 Å². The number of hydrogen-bond acceptors (Lipinski definition) is 4. The third-order valence-corrected chi connectivity index (χ3v) is 5.89. The van der Waals surface area contributed by atoms with Crippen molar-refractivity contribution in [3.63, 3.8) is 0 Å². The monoisotopic (exact) mass is 512 g/mol. The Morgan fingerprint density at radius 2 is 1.96 bits per heavy atom. The molecule has 1 unspecified atom stereocenters. The maximum absolute atomic E-state index is 11.2. The number of benzene rings is 2. The van der Waals surface area contributed by atoms with Crippen molar-refractivity contribution in [2.24, 2.45) is 10.9 Å². The van der Waals surface area contributed by atoms with Gasteiger partial charge in [0.05, 0.1) is 4.92 Å². The largest absolute Gasteiger partial charge is 0.352 e. The van der Waals surface area contributed by atoms with Gasteiger partial charge >= 0.3 is 0 Å². The average Bonchev–Trinajstić information content (AvgIpc) is 3.17. The number of nitro groups is 1. The quantitative estimate of drug-likeness (QED) is 0.155. The Morgan fingerprint density at radius 3 is 2.68 bits per heavy atom. The fourth-order valence-electron chi connectivity index (χ4n) is 3.24. The SMILES string of the molecule is CN=C(NCc1ccccc1[N+](=O)[O-])N1CCC(CSc2ccccc2)C1.I. The van der Waals surface area contributed by atoms with Gasteiger partial charge in [0.2, 0.25) is 0 Å². The van der Waals surface area contributed by atoms with E-state index >= 15 is 0 Å². The van der Waals surface area contributed by atoms with E-state index in [0.29, 0.717) is 18.0 Å². The number of aliphatic imine (C=N–C) groups is 1. The highest BCUT2D eigenvalue weighted by Gasteiger charge is 2.25. The summed E-state index contributed by atoms with van der Waals surface area (Å²) in [5.74, 6) is 2.50. The van der Waals surface area contributed by atoms with Crippen molar-refractivity contribution in [1.82, 2.24) is 10.2 Å². The molecule has 0 saturated carbocycles. The van der Waals surface area contributed by atoms with Gasteiger partial charge in [-0.15, -0.1) is 35.7 Å². The van der Waals surface area contributed by atoms with Crippen molar-refractivity contribution < 1.29 is 4.92 Å². The van der Waals surface area contributed by atoms with Gasteiger partial charge in [-0.2, -0.15) is 0 Å². The minimum Gasteiger partial charge on any atom is -0.352 e. The zero-order chi connectivity index (χ0) is 19.1. The molecule has 6 nitrogen and oxygen atoms in total. The number of halogens is 1. The van der Waals surface area contributed by atoms with Crippen LogP contribution in [0.25, 0.3) is 0 Å². The number of nitrogens with one attached hydrogen (secondary N) is 1. The lowest BCUT2D eigenvalue weighted by atomic mass is 10.2. The fraction of sp³-hybridized carbons (Fsp3) is 0.350. The number of nitrogens with zero attached hydrogens (tertiary/aromatic N) is 3. The van der Waals surface area contributed by atoms with Crippen LogP contribution in [0.1, 0.15) is 12.0 Å². The van der Waals surface area contributed by atoms with Crippen LogP contribution < -0.4 is 5.32 Å². The number of hydrogen-bond donors (Lipinski definition) is 1. The number of guanidine groups is 1. The van der Waals surface area contributed by atoms with Gasteiger partial charge in [0.1, 0.15) is 0 Å². The first kappa shape index (κ1) is 22.5. The summed E-state index contributed by atoms with van der Waals surface area (Å²) in [4.78, 5) is 18.7. The molecule has 0 amide bonds. The summed E-state index contributed by atoms with van der Waals surface area (Å²) in [5.41, 5.74) is 0.804. The summed E-state index contributed by atoms with van der Waals surface area (Å²) in [6.45, 7) is 2.30. The van der Waals surface area contributed by atoms with E-state index in [-0.39, 0.29) is 34.6 Å². The minimum atomic E-state index is -0.341. The molecule has 1 atom stereocenters. The molecule has 1 saturated heterocycles. The van der Waals surface area contributed by atoms with Crippen LogP contribution in [-0.4, -0.2) is 41.7 Å². The lowest BCUT2D eigenvalue weighted by molar-refractivity contribution is -0.385. The molecule has 1 heterocycles. The summed E-state index contributed by atoms with van der Waals surface area (Å²) in [7, 11) is 1.76. The predicted octanol–water partition coefficient (Wildman–Crippen LogP) is 4.40. The van der Waals surface area contributed by atoms with E-state index in [9.17, 15) is 10.1 Å². The van der Waals surface area contributed by atoms with Crippen molar-refractivity contribution in [1.29, 1.82) is 0 Å². The topological polar surface area (TPSA) is 70.8 Å². The summed E-state index contributed by atoms with van der Waals surface area (Å²) in [6, 6.07) is 17.3. The molecule has 2 aromatic carbocycles. The van der Waals surface area contributed by atoms with Gasteiger partial charge in [0.15, 0.2) is 5.96 Å². The first-order valence-electron chi connectivity index (χ1n) is 9.03. The van der Waals surface area contributed by atoms with Crippen molar-refractivity contribution in [2.75, 3.05) is 25.9 Å². The van der Waals surface area contributed by atoms with Crippen LogP contribution in [0.3, 0.4) is 0 Å². The molecule has 3 rings (SSSR count). The first-order valence-corrected chi connectivity index (χ1v) is 10.0. The van der Waals surface area contributed by atoms with Gasteiger partial charge in [-0.25, -0.2) is 0 Å². The third-order valence-electron chi connectivity index (χ3n) is 4.65. The predicted molar refractivity (Wildman–Crippen MR) is 126 cm³/mol.